The monoisotopic (exact) mass is 168 g/mol. The Labute approximate surface area is 70.9 Å². The van der Waals surface area contributed by atoms with Gasteiger partial charge >= 0.3 is 0 Å². The van der Waals surface area contributed by atoms with Gasteiger partial charge < -0.3 is 14.6 Å². The van der Waals surface area contributed by atoms with Crippen molar-refractivity contribution < 1.29 is 9.26 Å². The molecule has 0 bridgehead atoms. The molecule has 0 aliphatic carbocycles. The highest BCUT2D eigenvalue weighted by Crippen LogP contribution is 2.19. The summed E-state index contributed by atoms with van der Waals surface area (Å²) in [7, 11) is 1.89. The molecule has 0 fully saturated rings. The molecule has 0 aromatic carbocycles. The molecule has 1 aliphatic heterocycles. The first kappa shape index (κ1) is 7.76. The van der Waals surface area contributed by atoms with Gasteiger partial charge in [-0.15, -0.1) is 0 Å². The summed E-state index contributed by atoms with van der Waals surface area (Å²) in [6, 6.07) is 0. The third-order valence-corrected chi connectivity index (χ3v) is 2.02. The summed E-state index contributed by atoms with van der Waals surface area (Å²) in [6.07, 6.45) is 0.853. The molecule has 4 nitrogen and oxygen atoms in total. The van der Waals surface area contributed by atoms with Gasteiger partial charge in [0.15, 0.2) is 0 Å². The van der Waals surface area contributed by atoms with Crippen LogP contribution in [-0.4, -0.2) is 18.8 Å². The average Bonchev–Trinajstić information content (AvgIpc) is 2.50. The summed E-state index contributed by atoms with van der Waals surface area (Å²) in [6.45, 7) is 2.15. The van der Waals surface area contributed by atoms with Gasteiger partial charge in [-0.05, 0) is 7.05 Å². The Morgan fingerprint density at radius 1 is 1.58 bits per heavy atom. The molecule has 0 amide bonds. The molecule has 1 aromatic rings. The van der Waals surface area contributed by atoms with E-state index in [0.717, 1.165) is 36.6 Å². The fourth-order valence-corrected chi connectivity index (χ4v) is 1.39. The largest absolute Gasteiger partial charge is 0.376 e. The fraction of sp³-hybridized carbons (Fsp3) is 0.625. The van der Waals surface area contributed by atoms with Crippen molar-refractivity contribution in [2.45, 2.75) is 19.6 Å². The van der Waals surface area contributed by atoms with E-state index in [0.29, 0.717) is 6.61 Å². The lowest BCUT2D eigenvalue weighted by Crippen LogP contribution is -2.12. The Hall–Kier alpha value is -0.870. The molecule has 0 spiro atoms. The Bertz CT molecular complexity index is 270. The van der Waals surface area contributed by atoms with Crippen LogP contribution in [0.2, 0.25) is 0 Å². The molecule has 0 atom stereocenters. The third-order valence-electron chi connectivity index (χ3n) is 2.02. The maximum atomic E-state index is 5.31. The zero-order chi connectivity index (χ0) is 8.39. The SMILES string of the molecule is CNCc1noc2c1COCC2. The molecule has 2 rings (SSSR count). The Balaban J connectivity index is 2.25. The van der Waals surface area contributed by atoms with Crippen molar-refractivity contribution in [3.8, 4) is 0 Å². The second-order valence-electron chi connectivity index (χ2n) is 2.86. The second-order valence-corrected chi connectivity index (χ2v) is 2.86. The van der Waals surface area contributed by atoms with E-state index in [1.54, 1.807) is 0 Å². The minimum atomic E-state index is 0.649. The highest BCUT2D eigenvalue weighted by Gasteiger charge is 2.18. The van der Waals surface area contributed by atoms with Crippen molar-refractivity contribution >= 4 is 0 Å². The number of fused-ring (bicyclic) bond motifs is 1. The van der Waals surface area contributed by atoms with E-state index in [9.17, 15) is 0 Å². The van der Waals surface area contributed by atoms with Gasteiger partial charge in [-0.1, -0.05) is 5.16 Å². The summed E-state index contributed by atoms with van der Waals surface area (Å²) in [4.78, 5) is 0. The van der Waals surface area contributed by atoms with Crippen molar-refractivity contribution in [1.82, 2.24) is 10.5 Å². The molecule has 1 N–H and O–H groups in total. The Morgan fingerprint density at radius 2 is 2.50 bits per heavy atom. The number of hydrogen-bond acceptors (Lipinski definition) is 4. The van der Waals surface area contributed by atoms with Crippen molar-refractivity contribution in [2.24, 2.45) is 0 Å². The predicted octanol–water partition coefficient (Wildman–Crippen LogP) is 0.467. The number of ether oxygens (including phenoxy) is 1. The number of rotatable bonds is 2. The Kier molecular flexibility index (Phi) is 2.10. The first-order chi connectivity index (χ1) is 5.92. The molecule has 0 radical (unpaired) electrons. The Morgan fingerprint density at radius 3 is 3.33 bits per heavy atom. The van der Waals surface area contributed by atoms with E-state index in [1.807, 2.05) is 7.05 Å². The van der Waals surface area contributed by atoms with Gasteiger partial charge in [-0.3, -0.25) is 0 Å². The van der Waals surface area contributed by atoms with Gasteiger partial charge in [0, 0.05) is 18.5 Å². The fourth-order valence-electron chi connectivity index (χ4n) is 1.39. The van der Waals surface area contributed by atoms with E-state index < -0.39 is 0 Å². The summed E-state index contributed by atoms with van der Waals surface area (Å²) >= 11 is 0. The van der Waals surface area contributed by atoms with Crippen LogP contribution in [0.3, 0.4) is 0 Å². The van der Waals surface area contributed by atoms with E-state index in [2.05, 4.69) is 10.5 Å². The van der Waals surface area contributed by atoms with Crippen LogP contribution >= 0.6 is 0 Å². The van der Waals surface area contributed by atoms with Gasteiger partial charge in [-0.25, -0.2) is 0 Å². The maximum absolute atomic E-state index is 5.31. The molecule has 1 aliphatic rings. The maximum Gasteiger partial charge on any atom is 0.144 e. The van der Waals surface area contributed by atoms with Crippen molar-refractivity contribution in [3.63, 3.8) is 0 Å². The predicted molar refractivity (Wildman–Crippen MR) is 42.6 cm³/mol. The molecule has 0 saturated heterocycles. The van der Waals surface area contributed by atoms with E-state index in [4.69, 9.17) is 9.26 Å². The molecular formula is C8H12N2O2. The highest BCUT2D eigenvalue weighted by atomic mass is 16.5. The van der Waals surface area contributed by atoms with Crippen LogP contribution in [0.25, 0.3) is 0 Å². The van der Waals surface area contributed by atoms with Crippen molar-refractivity contribution in [1.29, 1.82) is 0 Å². The number of aromatic nitrogens is 1. The molecular weight excluding hydrogens is 156 g/mol. The summed E-state index contributed by atoms with van der Waals surface area (Å²) in [5.74, 6) is 0.992. The molecule has 1 aromatic heterocycles. The molecule has 66 valence electrons. The first-order valence-corrected chi connectivity index (χ1v) is 4.10. The summed E-state index contributed by atoms with van der Waals surface area (Å²) in [5.41, 5.74) is 2.11. The molecule has 12 heavy (non-hydrogen) atoms. The van der Waals surface area contributed by atoms with Crippen LogP contribution in [0.4, 0.5) is 0 Å². The van der Waals surface area contributed by atoms with E-state index in [1.165, 1.54) is 0 Å². The molecule has 4 heteroatoms. The highest BCUT2D eigenvalue weighted by molar-refractivity contribution is 5.23. The van der Waals surface area contributed by atoms with Gasteiger partial charge in [0.05, 0.1) is 13.2 Å². The minimum absolute atomic E-state index is 0.649. The van der Waals surface area contributed by atoms with Crippen LogP contribution in [-0.2, 0) is 24.3 Å². The lowest BCUT2D eigenvalue weighted by molar-refractivity contribution is 0.102. The van der Waals surface area contributed by atoms with Gasteiger partial charge in [0.2, 0.25) is 0 Å². The molecule has 2 heterocycles. The summed E-state index contributed by atoms with van der Waals surface area (Å²) < 4.78 is 10.5. The topological polar surface area (TPSA) is 47.3 Å². The minimum Gasteiger partial charge on any atom is -0.376 e. The van der Waals surface area contributed by atoms with Gasteiger partial charge in [0.25, 0.3) is 0 Å². The van der Waals surface area contributed by atoms with Crippen LogP contribution in [0.5, 0.6) is 0 Å². The summed E-state index contributed by atoms with van der Waals surface area (Å²) in [5, 5.41) is 7.01. The standard InChI is InChI=1S/C8H12N2O2/c1-9-4-7-6-5-11-3-2-8(6)12-10-7/h9H,2-5H2,1H3. The van der Waals surface area contributed by atoms with Crippen molar-refractivity contribution in [3.05, 3.63) is 17.0 Å². The van der Waals surface area contributed by atoms with Crippen LogP contribution in [0.1, 0.15) is 17.0 Å². The van der Waals surface area contributed by atoms with E-state index in [-0.39, 0.29) is 0 Å². The number of nitrogens with zero attached hydrogens (tertiary/aromatic N) is 1. The number of nitrogens with one attached hydrogen (secondary N) is 1. The molecule has 0 unspecified atom stereocenters. The lowest BCUT2D eigenvalue weighted by atomic mass is 10.1. The van der Waals surface area contributed by atoms with Gasteiger partial charge in [-0.2, -0.15) is 0 Å². The van der Waals surface area contributed by atoms with Gasteiger partial charge in [0.1, 0.15) is 11.5 Å². The normalized spacial score (nSPS) is 16.1. The van der Waals surface area contributed by atoms with Crippen LogP contribution in [0, 0.1) is 0 Å². The quantitative estimate of drug-likeness (QED) is 0.697. The first-order valence-electron chi connectivity index (χ1n) is 4.10. The lowest BCUT2D eigenvalue weighted by Gasteiger charge is -2.09. The van der Waals surface area contributed by atoms with Crippen LogP contribution in [0.15, 0.2) is 4.52 Å². The van der Waals surface area contributed by atoms with Crippen molar-refractivity contribution in [2.75, 3.05) is 13.7 Å². The smallest absolute Gasteiger partial charge is 0.144 e. The van der Waals surface area contributed by atoms with E-state index >= 15 is 0 Å². The third kappa shape index (κ3) is 1.23. The average molecular weight is 168 g/mol. The zero-order valence-corrected chi connectivity index (χ0v) is 7.09. The zero-order valence-electron chi connectivity index (χ0n) is 7.09. The number of hydrogen-bond donors (Lipinski definition) is 1. The van der Waals surface area contributed by atoms with Crippen LogP contribution < -0.4 is 5.32 Å². The molecule has 0 saturated carbocycles. The second kappa shape index (κ2) is 3.25.